The predicted molar refractivity (Wildman–Crippen MR) is 171 cm³/mol. The van der Waals surface area contributed by atoms with Crippen molar-refractivity contribution in [3.63, 3.8) is 0 Å². The van der Waals surface area contributed by atoms with Crippen molar-refractivity contribution in [1.82, 2.24) is 35.1 Å². The monoisotopic (exact) mass is 632 g/mol. The molecule has 2 aromatic heterocycles. The molecule has 0 unspecified atom stereocenters. The molecule has 4 aromatic rings. The summed E-state index contributed by atoms with van der Waals surface area (Å²) in [5.41, 5.74) is 4.00. The molecule has 13 nitrogen and oxygen atoms in total. The Labute approximate surface area is 268 Å². The van der Waals surface area contributed by atoms with E-state index in [-0.39, 0.29) is 18.5 Å². The van der Waals surface area contributed by atoms with Crippen LogP contribution in [-0.2, 0) is 11.3 Å². The van der Waals surface area contributed by atoms with Crippen LogP contribution in [0.2, 0.25) is 0 Å². The van der Waals surface area contributed by atoms with E-state index in [0.29, 0.717) is 29.8 Å². The fourth-order valence-electron chi connectivity index (χ4n) is 5.75. The predicted octanol–water partition coefficient (Wildman–Crippen LogP) is 3.94. The van der Waals surface area contributed by atoms with E-state index < -0.39 is 0 Å². The van der Waals surface area contributed by atoms with E-state index in [2.05, 4.69) is 58.8 Å². The highest BCUT2D eigenvalue weighted by Crippen LogP contribution is 2.33. The lowest BCUT2D eigenvalue weighted by Crippen LogP contribution is -2.49. The second-order valence-electron chi connectivity index (χ2n) is 11.0. The largest absolute Gasteiger partial charge is 0.494 e. The molecular formula is C31H37ClN10O3. The van der Waals surface area contributed by atoms with E-state index in [9.17, 15) is 5.26 Å². The zero-order valence-electron chi connectivity index (χ0n) is 25.4. The summed E-state index contributed by atoms with van der Waals surface area (Å²) < 4.78 is 18.9. The average molecular weight is 633 g/mol. The van der Waals surface area contributed by atoms with Crippen molar-refractivity contribution in [2.45, 2.75) is 38.5 Å². The number of hydrogen-bond donors (Lipinski definition) is 1. The molecule has 4 heterocycles. The van der Waals surface area contributed by atoms with Crippen LogP contribution < -0.4 is 19.7 Å². The molecule has 2 aromatic carbocycles. The lowest BCUT2D eigenvalue weighted by atomic mass is 10.0. The number of nitriles is 1. The summed E-state index contributed by atoms with van der Waals surface area (Å²) in [6.07, 6.45) is 7.04. The first-order valence-corrected chi connectivity index (χ1v) is 14.9. The third-order valence-electron chi connectivity index (χ3n) is 8.07. The van der Waals surface area contributed by atoms with Gasteiger partial charge in [-0.3, -0.25) is 4.90 Å². The normalized spacial score (nSPS) is 16.3. The molecular weight excluding hydrogens is 596 g/mol. The zero-order chi connectivity index (χ0) is 30.3. The van der Waals surface area contributed by atoms with Crippen LogP contribution in [-0.4, -0.2) is 93.7 Å². The number of halogens is 1. The van der Waals surface area contributed by atoms with Crippen LogP contribution >= 0.6 is 12.4 Å². The second kappa shape index (κ2) is 15.0. The molecule has 1 N–H and O–H groups in total. The first kappa shape index (κ1) is 31.9. The molecule has 0 amide bonds. The van der Waals surface area contributed by atoms with Crippen molar-refractivity contribution in [2.75, 3.05) is 56.7 Å². The Morgan fingerprint density at radius 2 is 1.80 bits per heavy atom. The minimum absolute atomic E-state index is 0. The Bertz CT molecular complexity index is 1570. The summed E-state index contributed by atoms with van der Waals surface area (Å²) in [5.74, 6) is 1.66. The summed E-state index contributed by atoms with van der Waals surface area (Å²) in [5, 5.41) is 24.0. The lowest BCUT2D eigenvalue weighted by molar-refractivity contribution is 0.0115. The van der Waals surface area contributed by atoms with E-state index in [0.717, 1.165) is 80.5 Å². The molecule has 14 heteroatoms. The van der Waals surface area contributed by atoms with Crippen molar-refractivity contribution in [1.29, 1.82) is 5.26 Å². The third kappa shape index (κ3) is 7.78. The smallest absolute Gasteiger partial charge is 0.227 e. The van der Waals surface area contributed by atoms with Crippen molar-refractivity contribution >= 4 is 29.7 Å². The number of nitrogens with zero attached hydrogens (tertiary/aromatic N) is 9. The van der Waals surface area contributed by atoms with E-state index in [4.69, 9.17) is 14.2 Å². The molecule has 1 atom stereocenters. The number of rotatable bonds is 10. The first-order valence-electron chi connectivity index (χ1n) is 14.9. The number of methoxy groups -OCH3 is 1. The minimum atomic E-state index is -0.257. The standard InChI is InChI=1S/C31H36N10O3.ClH/c1-22(20-41-21-35-37-38-41)44-29-15-23(3-4-24(29)17-32)25-18-33-31(34-19-25)36-28-6-5-27(16-30(28)42-2)39-9-7-26(8-10-39)40-11-13-43-14-12-40;/h3-6,15-16,18-19,21-22,26H,7-14,20H2,1-2H3,(H,33,34,36);1H/t22-;/m0./s1. The van der Waals surface area contributed by atoms with Crippen LogP contribution in [0.15, 0.2) is 55.1 Å². The molecule has 2 fully saturated rings. The molecule has 2 saturated heterocycles. The summed E-state index contributed by atoms with van der Waals surface area (Å²) in [6.45, 7) is 8.13. The maximum absolute atomic E-state index is 9.60. The molecule has 45 heavy (non-hydrogen) atoms. The van der Waals surface area contributed by atoms with Crippen molar-refractivity contribution in [3.05, 3.63) is 60.7 Å². The SMILES string of the molecule is COc1cc(N2CCC(N3CCOCC3)CC2)ccc1Nc1ncc(-c2ccc(C#N)c(O[C@@H](C)Cn3cnnn3)c2)cn1.Cl. The number of anilines is 3. The molecule has 0 saturated carbocycles. The van der Waals surface area contributed by atoms with Crippen LogP contribution in [0.25, 0.3) is 11.1 Å². The van der Waals surface area contributed by atoms with E-state index in [1.165, 1.54) is 6.33 Å². The van der Waals surface area contributed by atoms with Gasteiger partial charge in [0.2, 0.25) is 5.95 Å². The van der Waals surface area contributed by atoms with Crippen LogP contribution in [0.5, 0.6) is 11.5 Å². The fraction of sp³-hybridized carbons (Fsp3) is 0.419. The van der Waals surface area contributed by atoms with Gasteiger partial charge in [0.15, 0.2) is 0 Å². The number of benzene rings is 2. The zero-order valence-corrected chi connectivity index (χ0v) is 26.2. The summed E-state index contributed by atoms with van der Waals surface area (Å²) in [6, 6.07) is 14.4. The summed E-state index contributed by atoms with van der Waals surface area (Å²) in [7, 11) is 1.67. The van der Waals surface area contributed by atoms with Crippen molar-refractivity contribution in [2.24, 2.45) is 0 Å². The van der Waals surface area contributed by atoms with Gasteiger partial charge in [-0.05, 0) is 60.0 Å². The molecule has 0 aliphatic carbocycles. The van der Waals surface area contributed by atoms with Crippen LogP contribution in [0.3, 0.4) is 0 Å². The molecule has 2 aliphatic rings. The van der Waals surface area contributed by atoms with Gasteiger partial charge in [-0.1, -0.05) is 6.07 Å². The third-order valence-corrected chi connectivity index (χ3v) is 8.07. The van der Waals surface area contributed by atoms with Crippen LogP contribution in [0.1, 0.15) is 25.3 Å². The maximum Gasteiger partial charge on any atom is 0.227 e. The molecule has 6 rings (SSSR count). The van der Waals surface area contributed by atoms with Gasteiger partial charge >= 0.3 is 0 Å². The van der Waals surface area contributed by atoms with Gasteiger partial charge in [0.1, 0.15) is 30.0 Å². The highest BCUT2D eigenvalue weighted by Gasteiger charge is 2.26. The number of piperidine rings is 1. The minimum Gasteiger partial charge on any atom is -0.494 e. The van der Waals surface area contributed by atoms with Gasteiger partial charge in [-0.2, -0.15) is 5.26 Å². The molecule has 0 radical (unpaired) electrons. The number of morpholine rings is 1. The Morgan fingerprint density at radius 1 is 1.02 bits per heavy atom. The molecule has 0 spiro atoms. The Balaban J connectivity index is 0.00000400. The van der Waals surface area contributed by atoms with Crippen molar-refractivity contribution in [3.8, 4) is 28.7 Å². The van der Waals surface area contributed by atoms with E-state index in [1.54, 1.807) is 30.3 Å². The first-order chi connectivity index (χ1) is 21.6. The number of nitrogens with one attached hydrogen (secondary N) is 1. The molecule has 0 bridgehead atoms. The number of hydrogen-bond acceptors (Lipinski definition) is 12. The fourth-order valence-corrected chi connectivity index (χ4v) is 5.75. The highest BCUT2D eigenvalue weighted by molar-refractivity contribution is 5.85. The van der Waals surface area contributed by atoms with Crippen LogP contribution in [0, 0.1) is 11.3 Å². The quantitative estimate of drug-likeness (QED) is 0.271. The van der Waals surface area contributed by atoms with Gasteiger partial charge in [-0.25, -0.2) is 14.6 Å². The van der Waals surface area contributed by atoms with Gasteiger partial charge in [-0.15, -0.1) is 17.5 Å². The number of tetrazole rings is 1. The molecule has 236 valence electrons. The number of aromatic nitrogens is 6. The van der Waals surface area contributed by atoms with Gasteiger partial charge in [0.25, 0.3) is 0 Å². The topological polar surface area (TPSA) is 139 Å². The van der Waals surface area contributed by atoms with Gasteiger partial charge < -0.3 is 24.4 Å². The Hall–Kier alpha value is -4.51. The lowest BCUT2D eigenvalue weighted by Gasteiger charge is -2.40. The second-order valence-corrected chi connectivity index (χ2v) is 11.0. The van der Waals surface area contributed by atoms with E-state index in [1.807, 2.05) is 25.1 Å². The van der Waals surface area contributed by atoms with Gasteiger partial charge in [0, 0.05) is 61.9 Å². The van der Waals surface area contributed by atoms with Gasteiger partial charge in [0.05, 0.1) is 38.1 Å². The molecule has 2 aliphatic heterocycles. The average Bonchev–Trinajstić information content (AvgIpc) is 3.58. The highest BCUT2D eigenvalue weighted by atomic mass is 35.5. The maximum atomic E-state index is 9.60. The van der Waals surface area contributed by atoms with Crippen molar-refractivity contribution < 1.29 is 14.2 Å². The Morgan fingerprint density at radius 3 is 2.49 bits per heavy atom. The van der Waals surface area contributed by atoms with E-state index >= 15 is 0 Å². The summed E-state index contributed by atoms with van der Waals surface area (Å²) >= 11 is 0. The Kier molecular flexibility index (Phi) is 10.6. The summed E-state index contributed by atoms with van der Waals surface area (Å²) in [4.78, 5) is 14.1. The van der Waals surface area contributed by atoms with Crippen LogP contribution in [0.4, 0.5) is 17.3 Å². The number of ether oxygens (including phenoxy) is 3.